The standard InChI is InChI=1S/C4H8F3NO2/c1-8-2(3(9)10)4(5,6)7/h2-3,8-10H,1H3. The molecule has 0 amide bonds. The Labute approximate surface area is 55.5 Å². The van der Waals surface area contributed by atoms with Gasteiger partial charge in [-0.1, -0.05) is 0 Å². The first-order valence-corrected chi connectivity index (χ1v) is 2.49. The quantitative estimate of drug-likeness (QED) is 0.474. The Balaban J connectivity index is 4.07. The molecule has 0 aromatic carbocycles. The molecular formula is C4H8F3NO2. The molecule has 1 unspecified atom stereocenters. The molecule has 0 fully saturated rings. The van der Waals surface area contributed by atoms with Gasteiger partial charge < -0.3 is 15.5 Å². The second-order valence-electron chi connectivity index (χ2n) is 1.72. The van der Waals surface area contributed by atoms with Crippen molar-refractivity contribution in [2.75, 3.05) is 7.05 Å². The van der Waals surface area contributed by atoms with E-state index in [1.54, 1.807) is 5.32 Å². The molecule has 3 nitrogen and oxygen atoms in total. The van der Waals surface area contributed by atoms with Crippen LogP contribution in [0.1, 0.15) is 0 Å². The van der Waals surface area contributed by atoms with E-state index in [1.165, 1.54) is 0 Å². The van der Waals surface area contributed by atoms with Crippen molar-refractivity contribution < 1.29 is 23.4 Å². The van der Waals surface area contributed by atoms with Crippen molar-refractivity contribution in [2.24, 2.45) is 0 Å². The molecule has 0 aromatic heterocycles. The zero-order valence-electron chi connectivity index (χ0n) is 5.18. The molecule has 0 bridgehead atoms. The Hall–Kier alpha value is -0.330. The van der Waals surface area contributed by atoms with Crippen LogP contribution in [0.25, 0.3) is 0 Å². The van der Waals surface area contributed by atoms with Crippen molar-refractivity contribution >= 4 is 0 Å². The Bertz CT molecular complexity index is 103. The summed E-state index contributed by atoms with van der Waals surface area (Å²) in [6.07, 6.45) is -7.03. The maximum atomic E-state index is 11.6. The van der Waals surface area contributed by atoms with Crippen LogP contribution in [0.4, 0.5) is 13.2 Å². The minimum absolute atomic E-state index is 0.998. The van der Waals surface area contributed by atoms with Crippen molar-refractivity contribution in [2.45, 2.75) is 18.5 Å². The van der Waals surface area contributed by atoms with Crippen LogP contribution in [-0.4, -0.2) is 35.8 Å². The third kappa shape index (κ3) is 2.51. The summed E-state index contributed by atoms with van der Waals surface area (Å²) in [7, 11) is 0.998. The highest BCUT2D eigenvalue weighted by Crippen LogP contribution is 2.21. The van der Waals surface area contributed by atoms with E-state index in [9.17, 15) is 13.2 Å². The van der Waals surface area contributed by atoms with Crippen molar-refractivity contribution in [3.8, 4) is 0 Å². The van der Waals surface area contributed by atoms with Gasteiger partial charge in [-0.3, -0.25) is 0 Å². The predicted molar refractivity (Wildman–Crippen MR) is 27.1 cm³/mol. The summed E-state index contributed by atoms with van der Waals surface area (Å²) < 4.78 is 34.8. The highest BCUT2D eigenvalue weighted by molar-refractivity contribution is 4.74. The fraction of sp³-hybridized carbons (Fsp3) is 1.00. The summed E-state index contributed by atoms with van der Waals surface area (Å²) in [6, 6.07) is -2.27. The van der Waals surface area contributed by atoms with Crippen LogP contribution >= 0.6 is 0 Å². The second kappa shape index (κ2) is 3.18. The number of aliphatic hydroxyl groups is 2. The van der Waals surface area contributed by atoms with Crippen LogP contribution in [0, 0.1) is 0 Å². The molecule has 0 aliphatic carbocycles. The zero-order chi connectivity index (χ0) is 8.36. The summed E-state index contributed by atoms with van der Waals surface area (Å²) >= 11 is 0. The fourth-order valence-electron chi connectivity index (χ4n) is 0.482. The van der Waals surface area contributed by atoms with Gasteiger partial charge in [-0.05, 0) is 7.05 Å². The van der Waals surface area contributed by atoms with Gasteiger partial charge in [-0.2, -0.15) is 13.2 Å². The predicted octanol–water partition coefficient (Wildman–Crippen LogP) is -0.553. The van der Waals surface area contributed by atoms with Crippen LogP contribution in [-0.2, 0) is 0 Å². The zero-order valence-corrected chi connectivity index (χ0v) is 5.18. The fourth-order valence-corrected chi connectivity index (χ4v) is 0.482. The molecule has 0 aliphatic rings. The molecule has 0 aliphatic heterocycles. The molecule has 0 saturated carbocycles. The number of alkyl halides is 3. The number of aliphatic hydroxyl groups excluding tert-OH is 1. The first-order chi connectivity index (χ1) is 4.39. The largest absolute Gasteiger partial charge is 0.408 e. The van der Waals surface area contributed by atoms with Crippen LogP contribution in [0.5, 0.6) is 0 Å². The first-order valence-electron chi connectivity index (χ1n) is 2.49. The summed E-state index contributed by atoms with van der Waals surface area (Å²) in [5.74, 6) is 0. The monoisotopic (exact) mass is 159 g/mol. The smallest absolute Gasteiger partial charge is 0.366 e. The number of likely N-dealkylation sites (N-methyl/N-ethyl adjacent to an activating group) is 1. The molecule has 0 rings (SSSR count). The third-order valence-corrected chi connectivity index (χ3v) is 0.962. The Morgan fingerprint density at radius 3 is 1.70 bits per heavy atom. The van der Waals surface area contributed by atoms with Gasteiger partial charge in [-0.15, -0.1) is 0 Å². The average molecular weight is 159 g/mol. The molecule has 1 atom stereocenters. The molecule has 0 heterocycles. The summed E-state index contributed by atoms with van der Waals surface area (Å²) in [6.45, 7) is 0. The van der Waals surface area contributed by atoms with Crippen molar-refractivity contribution in [3.05, 3.63) is 0 Å². The molecule has 0 aromatic rings. The van der Waals surface area contributed by atoms with Gasteiger partial charge in [0.2, 0.25) is 0 Å². The van der Waals surface area contributed by atoms with Gasteiger partial charge in [0.1, 0.15) is 0 Å². The van der Waals surface area contributed by atoms with E-state index in [0.29, 0.717) is 0 Å². The topological polar surface area (TPSA) is 52.5 Å². The minimum Gasteiger partial charge on any atom is -0.366 e. The van der Waals surface area contributed by atoms with Crippen LogP contribution in [0.2, 0.25) is 0 Å². The van der Waals surface area contributed by atoms with Crippen LogP contribution in [0.3, 0.4) is 0 Å². The van der Waals surface area contributed by atoms with E-state index >= 15 is 0 Å². The number of hydrogen-bond donors (Lipinski definition) is 3. The molecule has 0 radical (unpaired) electrons. The maximum absolute atomic E-state index is 11.6. The Morgan fingerprint density at radius 2 is 1.70 bits per heavy atom. The highest BCUT2D eigenvalue weighted by atomic mass is 19.4. The third-order valence-electron chi connectivity index (χ3n) is 0.962. The van der Waals surface area contributed by atoms with Gasteiger partial charge in [0.05, 0.1) is 0 Å². The van der Waals surface area contributed by atoms with E-state index in [4.69, 9.17) is 10.2 Å². The lowest BCUT2D eigenvalue weighted by Crippen LogP contribution is -2.48. The van der Waals surface area contributed by atoms with Gasteiger partial charge in [-0.25, -0.2) is 0 Å². The Morgan fingerprint density at radius 1 is 1.30 bits per heavy atom. The van der Waals surface area contributed by atoms with Gasteiger partial charge in [0, 0.05) is 0 Å². The van der Waals surface area contributed by atoms with Crippen molar-refractivity contribution in [1.29, 1.82) is 0 Å². The summed E-state index contributed by atoms with van der Waals surface area (Å²) in [4.78, 5) is 0. The molecule has 0 saturated heterocycles. The van der Waals surface area contributed by atoms with Crippen molar-refractivity contribution in [1.82, 2.24) is 5.32 Å². The SMILES string of the molecule is CNC(C(O)O)C(F)(F)F. The van der Waals surface area contributed by atoms with E-state index in [-0.39, 0.29) is 0 Å². The number of halogens is 3. The molecule has 62 valence electrons. The average Bonchev–Trinajstić information content (AvgIpc) is 1.60. The minimum atomic E-state index is -4.62. The second-order valence-corrected chi connectivity index (χ2v) is 1.72. The molecule has 0 spiro atoms. The maximum Gasteiger partial charge on any atom is 0.408 e. The summed E-state index contributed by atoms with van der Waals surface area (Å²) in [5.41, 5.74) is 0. The van der Waals surface area contributed by atoms with E-state index in [2.05, 4.69) is 0 Å². The van der Waals surface area contributed by atoms with E-state index < -0.39 is 18.5 Å². The lowest BCUT2D eigenvalue weighted by atomic mass is 10.3. The molecular weight excluding hydrogens is 151 g/mol. The van der Waals surface area contributed by atoms with Gasteiger partial charge >= 0.3 is 6.18 Å². The first kappa shape index (κ1) is 9.67. The highest BCUT2D eigenvalue weighted by Gasteiger charge is 2.42. The number of rotatable bonds is 2. The lowest BCUT2D eigenvalue weighted by molar-refractivity contribution is -0.212. The summed E-state index contributed by atoms with van der Waals surface area (Å²) in [5, 5.41) is 18.0. The molecule has 3 N–H and O–H groups in total. The number of nitrogens with one attached hydrogen (secondary N) is 1. The van der Waals surface area contributed by atoms with E-state index in [1.807, 2.05) is 0 Å². The van der Waals surface area contributed by atoms with Gasteiger partial charge in [0.15, 0.2) is 12.3 Å². The van der Waals surface area contributed by atoms with Crippen molar-refractivity contribution in [3.63, 3.8) is 0 Å². The van der Waals surface area contributed by atoms with Crippen LogP contribution < -0.4 is 5.32 Å². The molecule has 6 heteroatoms. The Kier molecular flexibility index (Phi) is 3.07. The van der Waals surface area contributed by atoms with Crippen LogP contribution in [0.15, 0.2) is 0 Å². The lowest BCUT2D eigenvalue weighted by Gasteiger charge is -2.20. The number of hydrogen-bond acceptors (Lipinski definition) is 3. The molecule has 10 heavy (non-hydrogen) atoms. The van der Waals surface area contributed by atoms with E-state index in [0.717, 1.165) is 7.05 Å². The van der Waals surface area contributed by atoms with Gasteiger partial charge in [0.25, 0.3) is 0 Å². The normalized spacial score (nSPS) is 15.9.